The van der Waals surface area contributed by atoms with E-state index in [1.165, 1.54) is 0 Å². The molecular weight excluding hydrogens is 430 g/mol. The number of benzene rings is 2. The molecule has 1 aliphatic heterocycles. The Bertz CT molecular complexity index is 829. The first-order valence-corrected chi connectivity index (χ1v) is 9.83. The van der Waals surface area contributed by atoms with Gasteiger partial charge in [0.05, 0.1) is 6.21 Å². The lowest BCUT2D eigenvalue weighted by Gasteiger charge is -2.31. The second-order valence-electron chi connectivity index (χ2n) is 6.36. The van der Waals surface area contributed by atoms with Crippen molar-refractivity contribution in [3.63, 3.8) is 0 Å². The van der Waals surface area contributed by atoms with Gasteiger partial charge < -0.3 is 4.90 Å². The molecule has 1 heterocycles. The molecule has 0 bridgehead atoms. The molecule has 0 radical (unpaired) electrons. The van der Waals surface area contributed by atoms with E-state index >= 15 is 0 Å². The average Bonchev–Trinajstić information content (AvgIpc) is 2.69. The molecule has 0 aromatic heterocycles. The van der Waals surface area contributed by atoms with E-state index in [0.717, 1.165) is 10.0 Å². The van der Waals surface area contributed by atoms with E-state index in [2.05, 4.69) is 26.5 Å². The predicted octanol–water partition coefficient (Wildman–Crippen LogP) is 4.11. The Morgan fingerprint density at radius 1 is 1.07 bits per heavy atom. The third kappa shape index (κ3) is 5.40. The number of likely N-dealkylation sites (tertiary alicyclic amines) is 1. The molecule has 140 valence electrons. The Morgan fingerprint density at radius 3 is 2.33 bits per heavy atom. The van der Waals surface area contributed by atoms with Crippen LogP contribution in [0.15, 0.2) is 58.1 Å². The zero-order valence-electron chi connectivity index (χ0n) is 14.6. The second kappa shape index (κ2) is 9.15. The molecule has 1 fully saturated rings. The predicted molar refractivity (Wildman–Crippen MR) is 110 cm³/mol. The van der Waals surface area contributed by atoms with Crippen LogP contribution in [-0.2, 0) is 4.79 Å². The van der Waals surface area contributed by atoms with Gasteiger partial charge in [-0.3, -0.25) is 9.59 Å². The lowest BCUT2D eigenvalue weighted by molar-refractivity contribution is -0.126. The van der Waals surface area contributed by atoms with Crippen LogP contribution in [0.1, 0.15) is 28.8 Å². The molecule has 3 rings (SSSR count). The molecule has 1 aliphatic rings. The van der Waals surface area contributed by atoms with Gasteiger partial charge in [-0.15, -0.1) is 0 Å². The molecule has 27 heavy (non-hydrogen) atoms. The summed E-state index contributed by atoms with van der Waals surface area (Å²) < 4.78 is 0.989. The highest BCUT2D eigenvalue weighted by atomic mass is 79.9. The van der Waals surface area contributed by atoms with Crippen LogP contribution in [0, 0.1) is 5.92 Å². The number of rotatable bonds is 4. The Hall–Kier alpha value is -2.18. The standard InChI is InChI=1S/C20H19BrClN3O2/c21-17-5-1-14(2-6-17)13-23-24-19(26)15-9-11-25(12-10-15)20(27)16-3-7-18(22)8-4-16/h1-8,13,15H,9-12H2,(H,24,26)/b23-13-. The minimum absolute atomic E-state index is 0.0289. The van der Waals surface area contributed by atoms with Crippen LogP contribution < -0.4 is 5.43 Å². The normalized spacial score (nSPS) is 15.1. The van der Waals surface area contributed by atoms with Crippen molar-refractivity contribution in [3.8, 4) is 0 Å². The first-order chi connectivity index (χ1) is 13.0. The Kier molecular flexibility index (Phi) is 6.63. The van der Waals surface area contributed by atoms with Crippen LogP contribution in [0.2, 0.25) is 5.02 Å². The zero-order chi connectivity index (χ0) is 19.2. The van der Waals surface area contributed by atoms with E-state index in [4.69, 9.17) is 11.6 Å². The van der Waals surface area contributed by atoms with Crippen molar-refractivity contribution >= 4 is 45.6 Å². The van der Waals surface area contributed by atoms with Crippen LogP contribution >= 0.6 is 27.5 Å². The van der Waals surface area contributed by atoms with Crippen LogP contribution in [0.25, 0.3) is 0 Å². The molecule has 0 saturated carbocycles. The SMILES string of the molecule is O=C(N/N=C\c1ccc(Br)cc1)C1CCN(C(=O)c2ccc(Cl)cc2)CC1. The second-order valence-corrected chi connectivity index (χ2v) is 7.71. The Morgan fingerprint density at radius 2 is 1.70 bits per heavy atom. The molecule has 1 saturated heterocycles. The van der Waals surface area contributed by atoms with Gasteiger partial charge in [0.15, 0.2) is 0 Å². The van der Waals surface area contributed by atoms with Crippen LogP contribution in [0.3, 0.4) is 0 Å². The van der Waals surface area contributed by atoms with Crippen molar-refractivity contribution in [1.82, 2.24) is 10.3 Å². The maximum atomic E-state index is 12.5. The topological polar surface area (TPSA) is 61.8 Å². The van der Waals surface area contributed by atoms with Crippen LogP contribution in [-0.4, -0.2) is 36.0 Å². The molecule has 2 aromatic rings. The van der Waals surface area contributed by atoms with Crippen molar-refractivity contribution in [2.24, 2.45) is 11.0 Å². The van der Waals surface area contributed by atoms with Crippen molar-refractivity contribution in [1.29, 1.82) is 0 Å². The first kappa shape index (κ1) is 19.6. The third-order valence-electron chi connectivity index (χ3n) is 4.50. The summed E-state index contributed by atoms with van der Waals surface area (Å²) in [7, 11) is 0. The number of nitrogens with zero attached hydrogens (tertiary/aromatic N) is 2. The molecule has 0 aliphatic carbocycles. The number of piperidine rings is 1. The number of hydrogen-bond donors (Lipinski definition) is 1. The van der Waals surface area contributed by atoms with E-state index in [1.54, 1.807) is 35.4 Å². The number of hydrazone groups is 1. The monoisotopic (exact) mass is 447 g/mol. The number of amides is 2. The van der Waals surface area contributed by atoms with Gasteiger partial charge in [-0.05, 0) is 54.8 Å². The van der Waals surface area contributed by atoms with Crippen LogP contribution in [0.5, 0.6) is 0 Å². The highest BCUT2D eigenvalue weighted by Gasteiger charge is 2.27. The highest BCUT2D eigenvalue weighted by molar-refractivity contribution is 9.10. The third-order valence-corrected chi connectivity index (χ3v) is 5.28. The molecule has 0 spiro atoms. The summed E-state index contributed by atoms with van der Waals surface area (Å²) in [6.07, 6.45) is 2.86. The van der Waals surface area contributed by atoms with Gasteiger partial charge >= 0.3 is 0 Å². The number of halogens is 2. The quantitative estimate of drug-likeness (QED) is 0.565. The van der Waals surface area contributed by atoms with E-state index in [-0.39, 0.29) is 17.7 Å². The molecule has 0 unspecified atom stereocenters. The summed E-state index contributed by atoms with van der Waals surface area (Å²) >= 11 is 9.23. The van der Waals surface area contributed by atoms with E-state index in [9.17, 15) is 9.59 Å². The number of carbonyl (C=O) groups is 2. The maximum absolute atomic E-state index is 12.5. The molecule has 5 nitrogen and oxygen atoms in total. The summed E-state index contributed by atoms with van der Waals surface area (Å²) in [6, 6.07) is 14.5. The number of carbonyl (C=O) groups excluding carboxylic acids is 2. The van der Waals surface area contributed by atoms with Gasteiger partial charge in [-0.1, -0.05) is 39.7 Å². The summed E-state index contributed by atoms with van der Waals surface area (Å²) in [5.41, 5.74) is 4.12. The lowest BCUT2D eigenvalue weighted by atomic mass is 9.95. The van der Waals surface area contributed by atoms with E-state index in [1.807, 2.05) is 24.3 Å². The molecule has 0 atom stereocenters. The van der Waals surface area contributed by atoms with Crippen molar-refractivity contribution in [3.05, 3.63) is 69.2 Å². The van der Waals surface area contributed by atoms with Gasteiger partial charge in [0.1, 0.15) is 0 Å². The summed E-state index contributed by atoms with van der Waals surface area (Å²) in [4.78, 5) is 26.5. The Labute approximate surface area is 171 Å². The minimum Gasteiger partial charge on any atom is -0.339 e. The summed E-state index contributed by atoms with van der Waals surface area (Å²) in [5, 5.41) is 4.63. The minimum atomic E-state index is -0.138. The van der Waals surface area contributed by atoms with Gasteiger partial charge in [0.25, 0.3) is 5.91 Å². The van der Waals surface area contributed by atoms with Gasteiger partial charge in [-0.25, -0.2) is 5.43 Å². The number of nitrogens with one attached hydrogen (secondary N) is 1. The Balaban J connectivity index is 1.48. The fourth-order valence-corrected chi connectivity index (χ4v) is 3.32. The summed E-state index contributed by atoms with van der Waals surface area (Å²) in [5.74, 6) is -0.276. The van der Waals surface area contributed by atoms with E-state index in [0.29, 0.717) is 36.5 Å². The van der Waals surface area contributed by atoms with Crippen molar-refractivity contribution in [2.45, 2.75) is 12.8 Å². The maximum Gasteiger partial charge on any atom is 0.253 e. The molecule has 1 N–H and O–H groups in total. The zero-order valence-corrected chi connectivity index (χ0v) is 16.9. The summed E-state index contributed by atoms with van der Waals surface area (Å²) in [6.45, 7) is 1.10. The average molecular weight is 449 g/mol. The van der Waals surface area contributed by atoms with E-state index < -0.39 is 0 Å². The smallest absolute Gasteiger partial charge is 0.253 e. The highest BCUT2D eigenvalue weighted by Crippen LogP contribution is 2.20. The van der Waals surface area contributed by atoms with Gasteiger partial charge in [0.2, 0.25) is 5.91 Å². The van der Waals surface area contributed by atoms with Crippen molar-refractivity contribution < 1.29 is 9.59 Å². The van der Waals surface area contributed by atoms with Crippen molar-refractivity contribution in [2.75, 3.05) is 13.1 Å². The molecule has 2 aromatic carbocycles. The molecular formula is C20H19BrClN3O2. The van der Waals surface area contributed by atoms with Crippen LogP contribution in [0.4, 0.5) is 0 Å². The van der Waals surface area contributed by atoms with Gasteiger partial charge in [-0.2, -0.15) is 5.10 Å². The fraction of sp³-hybridized carbons (Fsp3) is 0.250. The lowest BCUT2D eigenvalue weighted by Crippen LogP contribution is -2.42. The van der Waals surface area contributed by atoms with Gasteiger partial charge in [0, 0.05) is 34.1 Å². The molecule has 7 heteroatoms. The fourth-order valence-electron chi connectivity index (χ4n) is 2.93. The first-order valence-electron chi connectivity index (χ1n) is 8.66. The number of hydrogen-bond acceptors (Lipinski definition) is 3. The molecule has 2 amide bonds. The largest absolute Gasteiger partial charge is 0.339 e.